The number of pyridine rings is 1. The number of hydrogen-bond donors (Lipinski definition) is 1. The minimum absolute atomic E-state index is 0.196. The van der Waals surface area contributed by atoms with Crippen molar-refractivity contribution in [2.45, 2.75) is 6.42 Å². The highest BCUT2D eigenvalue weighted by molar-refractivity contribution is 5.88. The monoisotopic (exact) mass is 279 g/mol. The molecule has 0 amide bonds. The normalized spacial score (nSPS) is 16.8. The fraction of sp³-hybridized carbons (Fsp3) is 0.571. The van der Waals surface area contributed by atoms with Crippen LogP contribution in [-0.4, -0.2) is 67.4 Å². The molecule has 0 radical (unpaired) electrons. The lowest BCUT2D eigenvalue weighted by Crippen LogP contribution is -2.32. The molecule has 1 fully saturated rings. The minimum Gasteiger partial charge on any atom is -0.464 e. The molecule has 20 heavy (non-hydrogen) atoms. The second-order valence-corrected chi connectivity index (χ2v) is 4.80. The third-order valence-corrected chi connectivity index (χ3v) is 3.51. The molecule has 2 heterocycles. The van der Waals surface area contributed by atoms with Crippen molar-refractivity contribution in [3.63, 3.8) is 0 Å². The molecule has 0 atom stereocenters. The van der Waals surface area contributed by atoms with Gasteiger partial charge in [-0.25, -0.2) is 9.78 Å². The Morgan fingerprint density at radius 1 is 1.40 bits per heavy atom. The number of aliphatic hydroxyl groups is 1. The maximum absolute atomic E-state index is 11.5. The molecular weight excluding hydrogens is 258 g/mol. The summed E-state index contributed by atoms with van der Waals surface area (Å²) in [5, 5.41) is 9.00. The van der Waals surface area contributed by atoms with Gasteiger partial charge in [-0.3, -0.25) is 4.90 Å². The molecule has 6 heteroatoms. The standard InChI is InChI=1S/C14H21N3O3/c1-20-14(19)13-11-12(3-4-15-13)17-6-2-5-16(7-8-17)9-10-18/h3-4,11,18H,2,5-10H2,1H3. The predicted octanol–water partition coefficient (Wildman–Crippen LogP) is 0.373. The van der Waals surface area contributed by atoms with Crippen molar-refractivity contribution >= 4 is 11.7 Å². The summed E-state index contributed by atoms with van der Waals surface area (Å²) in [4.78, 5) is 20.0. The van der Waals surface area contributed by atoms with Crippen LogP contribution in [0.3, 0.4) is 0 Å². The Hall–Kier alpha value is -1.66. The van der Waals surface area contributed by atoms with Crippen LogP contribution < -0.4 is 4.90 Å². The number of aliphatic hydroxyl groups excluding tert-OH is 1. The van der Waals surface area contributed by atoms with Crippen molar-refractivity contribution in [2.75, 3.05) is 51.3 Å². The van der Waals surface area contributed by atoms with Crippen molar-refractivity contribution in [3.05, 3.63) is 24.0 Å². The number of carbonyl (C=O) groups excluding carboxylic acids is 1. The van der Waals surface area contributed by atoms with Crippen LogP contribution >= 0.6 is 0 Å². The lowest BCUT2D eigenvalue weighted by molar-refractivity contribution is 0.0594. The number of carbonyl (C=O) groups is 1. The van der Waals surface area contributed by atoms with Gasteiger partial charge in [0, 0.05) is 38.1 Å². The van der Waals surface area contributed by atoms with Crippen LogP contribution in [-0.2, 0) is 4.74 Å². The maximum Gasteiger partial charge on any atom is 0.356 e. The third-order valence-electron chi connectivity index (χ3n) is 3.51. The highest BCUT2D eigenvalue weighted by atomic mass is 16.5. The predicted molar refractivity (Wildman–Crippen MR) is 75.9 cm³/mol. The van der Waals surface area contributed by atoms with E-state index in [0.717, 1.165) is 44.8 Å². The summed E-state index contributed by atoms with van der Waals surface area (Å²) in [5.74, 6) is -0.413. The molecule has 110 valence electrons. The van der Waals surface area contributed by atoms with E-state index in [-0.39, 0.29) is 6.61 Å². The van der Waals surface area contributed by atoms with Gasteiger partial charge in [-0.15, -0.1) is 0 Å². The Morgan fingerprint density at radius 3 is 3.00 bits per heavy atom. The molecule has 1 aromatic rings. The summed E-state index contributed by atoms with van der Waals surface area (Å²) in [6.45, 7) is 4.64. The third kappa shape index (κ3) is 3.68. The Kier molecular flexibility index (Phi) is 5.31. The summed E-state index contributed by atoms with van der Waals surface area (Å²) in [6, 6.07) is 3.68. The largest absolute Gasteiger partial charge is 0.464 e. The fourth-order valence-electron chi connectivity index (χ4n) is 2.43. The number of esters is 1. The van der Waals surface area contributed by atoms with Gasteiger partial charge in [0.1, 0.15) is 5.69 Å². The summed E-state index contributed by atoms with van der Waals surface area (Å²) in [5.41, 5.74) is 1.33. The van der Waals surface area contributed by atoms with Crippen LogP contribution in [0.2, 0.25) is 0 Å². The molecule has 1 aromatic heterocycles. The molecule has 0 spiro atoms. The van der Waals surface area contributed by atoms with Gasteiger partial charge in [0.25, 0.3) is 0 Å². The first kappa shape index (κ1) is 14.7. The number of hydrogen-bond acceptors (Lipinski definition) is 6. The number of rotatable bonds is 4. The van der Waals surface area contributed by atoms with E-state index in [9.17, 15) is 4.79 Å². The van der Waals surface area contributed by atoms with Crippen molar-refractivity contribution in [3.8, 4) is 0 Å². The summed E-state index contributed by atoms with van der Waals surface area (Å²) in [6.07, 6.45) is 2.67. The lowest BCUT2D eigenvalue weighted by atomic mass is 10.2. The zero-order chi connectivity index (χ0) is 14.4. The highest BCUT2D eigenvalue weighted by Crippen LogP contribution is 2.17. The average molecular weight is 279 g/mol. The molecule has 6 nitrogen and oxygen atoms in total. The van der Waals surface area contributed by atoms with Gasteiger partial charge in [-0.05, 0) is 25.1 Å². The first-order valence-corrected chi connectivity index (χ1v) is 6.87. The Morgan fingerprint density at radius 2 is 2.25 bits per heavy atom. The lowest BCUT2D eigenvalue weighted by Gasteiger charge is -2.23. The van der Waals surface area contributed by atoms with Gasteiger partial charge >= 0.3 is 5.97 Å². The zero-order valence-corrected chi connectivity index (χ0v) is 11.8. The topological polar surface area (TPSA) is 65.9 Å². The molecule has 1 aliphatic rings. The molecule has 1 N–H and O–H groups in total. The van der Waals surface area contributed by atoms with Gasteiger partial charge < -0.3 is 14.7 Å². The van der Waals surface area contributed by atoms with Gasteiger partial charge in [0.15, 0.2) is 0 Å². The van der Waals surface area contributed by atoms with Crippen LogP contribution in [0.4, 0.5) is 5.69 Å². The van der Waals surface area contributed by atoms with E-state index >= 15 is 0 Å². The number of aromatic nitrogens is 1. The Bertz CT molecular complexity index is 453. The molecule has 0 unspecified atom stereocenters. The smallest absolute Gasteiger partial charge is 0.356 e. The quantitative estimate of drug-likeness (QED) is 0.804. The number of methoxy groups -OCH3 is 1. The van der Waals surface area contributed by atoms with E-state index in [0.29, 0.717) is 5.69 Å². The van der Waals surface area contributed by atoms with Crippen molar-refractivity contribution in [1.29, 1.82) is 0 Å². The van der Waals surface area contributed by atoms with Crippen LogP contribution in [0.1, 0.15) is 16.9 Å². The van der Waals surface area contributed by atoms with Crippen molar-refractivity contribution in [2.24, 2.45) is 0 Å². The summed E-state index contributed by atoms with van der Waals surface area (Å²) in [7, 11) is 1.36. The minimum atomic E-state index is -0.413. The van der Waals surface area contributed by atoms with Crippen LogP contribution in [0.25, 0.3) is 0 Å². The van der Waals surface area contributed by atoms with E-state index in [2.05, 4.69) is 14.8 Å². The van der Waals surface area contributed by atoms with Crippen LogP contribution in [0, 0.1) is 0 Å². The first-order chi connectivity index (χ1) is 9.74. The number of nitrogens with zero attached hydrogens (tertiary/aromatic N) is 3. The molecule has 1 aliphatic heterocycles. The number of β-amino-alcohol motifs (C(OH)–C–C–N with tert-alkyl or cyclic N) is 1. The molecule has 0 aliphatic carbocycles. The average Bonchev–Trinajstić information content (AvgIpc) is 2.73. The molecule has 0 bridgehead atoms. The second kappa shape index (κ2) is 7.21. The SMILES string of the molecule is COC(=O)c1cc(N2CCCN(CCO)CC2)ccn1. The van der Waals surface area contributed by atoms with Gasteiger partial charge in [0.2, 0.25) is 0 Å². The van der Waals surface area contributed by atoms with Crippen LogP contribution in [0.15, 0.2) is 18.3 Å². The number of ether oxygens (including phenoxy) is 1. The summed E-state index contributed by atoms with van der Waals surface area (Å²) < 4.78 is 4.70. The van der Waals surface area contributed by atoms with E-state index in [1.165, 1.54) is 7.11 Å². The Balaban J connectivity index is 2.05. The van der Waals surface area contributed by atoms with E-state index in [1.54, 1.807) is 12.3 Å². The second-order valence-electron chi connectivity index (χ2n) is 4.80. The first-order valence-electron chi connectivity index (χ1n) is 6.87. The van der Waals surface area contributed by atoms with Gasteiger partial charge in [-0.2, -0.15) is 0 Å². The van der Waals surface area contributed by atoms with Crippen molar-refractivity contribution in [1.82, 2.24) is 9.88 Å². The molecule has 1 saturated heterocycles. The zero-order valence-electron chi connectivity index (χ0n) is 11.8. The van der Waals surface area contributed by atoms with E-state index in [4.69, 9.17) is 9.84 Å². The Labute approximate surface area is 119 Å². The van der Waals surface area contributed by atoms with E-state index < -0.39 is 5.97 Å². The molecule has 0 saturated carbocycles. The van der Waals surface area contributed by atoms with Crippen molar-refractivity contribution < 1.29 is 14.6 Å². The number of anilines is 1. The maximum atomic E-state index is 11.5. The fourth-order valence-corrected chi connectivity index (χ4v) is 2.43. The van der Waals surface area contributed by atoms with E-state index in [1.807, 2.05) is 6.07 Å². The van der Waals surface area contributed by atoms with Gasteiger partial charge in [-0.1, -0.05) is 0 Å². The molecule has 2 rings (SSSR count). The van der Waals surface area contributed by atoms with Gasteiger partial charge in [0.05, 0.1) is 13.7 Å². The van der Waals surface area contributed by atoms with Crippen LogP contribution in [0.5, 0.6) is 0 Å². The summed E-state index contributed by atoms with van der Waals surface area (Å²) >= 11 is 0. The highest BCUT2D eigenvalue weighted by Gasteiger charge is 2.16. The molecule has 0 aromatic carbocycles. The molecular formula is C14H21N3O3.